The minimum Gasteiger partial charge on any atom is -0.313 e. The van der Waals surface area contributed by atoms with E-state index in [0.29, 0.717) is 10.6 Å². The summed E-state index contributed by atoms with van der Waals surface area (Å²) in [6, 6.07) is 8.10. The SMILES string of the molecule is CCCNCc1ccc(-n2nc(C)c(Cl)c2C)c(C#N)c1. The lowest BCUT2D eigenvalue weighted by molar-refractivity contribution is 0.675. The maximum Gasteiger partial charge on any atom is 0.101 e. The number of benzene rings is 1. The zero-order valence-electron chi connectivity index (χ0n) is 12.6. The van der Waals surface area contributed by atoms with Crippen LogP contribution in [0, 0.1) is 25.2 Å². The fourth-order valence-corrected chi connectivity index (χ4v) is 2.35. The lowest BCUT2D eigenvalue weighted by Gasteiger charge is -2.09. The van der Waals surface area contributed by atoms with E-state index in [1.165, 1.54) is 0 Å². The van der Waals surface area contributed by atoms with Gasteiger partial charge in [0, 0.05) is 6.54 Å². The van der Waals surface area contributed by atoms with E-state index in [1.807, 2.05) is 32.0 Å². The van der Waals surface area contributed by atoms with E-state index in [4.69, 9.17) is 11.6 Å². The maximum atomic E-state index is 9.40. The molecule has 0 spiro atoms. The van der Waals surface area contributed by atoms with Crippen molar-refractivity contribution < 1.29 is 0 Å². The largest absolute Gasteiger partial charge is 0.313 e. The molecule has 5 heteroatoms. The van der Waals surface area contributed by atoms with Crippen molar-refractivity contribution >= 4 is 11.6 Å². The van der Waals surface area contributed by atoms with Crippen molar-refractivity contribution in [1.29, 1.82) is 5.26 Å². The van der Waals surface area contributed by atoms with Gasteiger partial charge in [0.25, 0.3) is 0 Å². The topological polar surface area (TPSA) is 53.6 Å². The monoisotopic (exact) mass is 302 g/mol. The summed E-state index contributed by atoms with van der Waals surface area (Å²) in [5, 5.41) is 17.8. The molecule has 0 atom stereocenters. The van der Waals surface area contributed by atoms with Gasteiger partial charge in [-0.15, -0.1) is 0 Å². The molecule has 0 saturated carbocycles. The van der Waals surface area contributed by atoms with Crippen molar-refractivity contribution in [2.75, 3.05) is 6.54 Å². The molecule has 2 aromatic rings. The number of nitriles is 1. The molecule has 0 amide bonds. The Morgan fingerprint density at radius 3 is 2.71 bits per heavy atom. The summed E-state index contributed by atoms with van der Waals surface area (Å²) in [6.07, 6.45) is 1.09. The minimum absolute atomic E-state index is 0.605. The first-order valence-electron chi connectivity index (χ1n) is 7.04. The Hall–Kier alpha value is -1.83. The second-order valence-corrected chi connectivity index (χ2v) is 5.41. The van der Waals surface area contributed by atoms with Crippen LogP contribution in [-0.4, -0.2) is 16.3 Å². The first-order valence-corrected chi connectivity index (χ1v) is 7.42. The Morgan fingerprint density at radius 1 is 1.38 bits per heavy atom. The highest BCUT2D eigenvalue weighted by Crippen LogP contribution is 2.24. The van der Waals surface area contributed by atoms with Gasteiger partial charge in [0.2, 0.25) is 0 Å². The summed E-state index contributed by atoms with van der Waals surface area (Å²) in [4.78, 5) is 0. The fourth-order valence-electron chi connectivity index (χ4n) is 2.24. The molecule has 4 nitrogen and oxygen atoms in total. The van der Waals surface area contributed by atoms with Crippen LogP contribution in [0.2, 0.25) is 5.02 Å². The zero-order valence-corrected chi connectivity index (χ0v) is 13.3. The van der Waals surface area contributed by atoms with Crippen molar-refractivity contribution in [1.82, 2.24) is 15.1 Å². The molecule has 0 fully saturated rings. The third-order valence-electron chi connectivity index (χ3n) is 3.37. The van der Waals surface area contributed by atoms with Crippen LogP contribution in [0.5, 0.6) is 0 Å². The van der Waals surface area contributed by atoms with Crippen LogP contribution in [-0.2, 0) is 6.54 Å². The Morgan fingerprint density at radius 2 is 2.14 bits per heavy atom. The number of rotatable bonds is 5. The fraction of sp³-hybridized carbons (Fsp3) is 0.375. The van der Waals surface area contributed by atoms with Crippen molar-refractivity contribution in [3.8, 4) is 11.8 Å². The second kappa shape index (κ2) is 6.75. The van der Waals surface area contributed by atoms with Gasteiger partial charge in [0.1, 0.15) is 6.07 Å². The maximum absolute atomic E-state index is 9.40. The number of hydrogen-bond donors (Lipinski definition) is 1. The molecule has 0 aliphatic rings. The van der Waals surface area contributed by atoms with Gasteiger partial charge in [0.15, 0.2) is 0 Å². The Kier molecular flexibility index (Phi) is 5.00. The summed E-state index contributed by atoms with van der Waals surface area (Å²) >= 11 is 6.18. The molecule has 0 unspecified atom stereocenters. The van der Waals surface area contributed by atoms with Crippen LogP contribution in [0.3, 0.4) is 0 Å². The minimum atomic E-state index is 0.605. The molecule has 0 bridgehead atoms. The number of halogens is 1. The highest BCUT2D eigenvalue weighted by molar-refractivity contribution is 6.31. The van der Waals surface area contributed by atoms with Gasteiger partial charge in [-0.1, -0.05) is 24.6 Å². The van der Waals surface area contributed by atoms with E-state index in [-0.39, 0.29) is 0 Å². The first-order chi connectivity index (χ1) is 10.1. The molecule has 0 saturated heterocycles. The van der Waals surface area contributed by atoms with Crippen LogP contribution in [0.1, 0.15) is 35.9 Å². The second-order valence-electron chi connectivity index (χ2n) is 5.04. The van der Waals surface area contributed by atoms with Crippen LogP contribution in [0.15, 0.2) is 18.2 Å². The molecule has 1 aromatic heterocycles. The van der Waals surface area contributed by atoms with Gasteiger partial charge in [-0.05, 0) is 44.5 Å². The number of hydrogen-bond acceptors (Lipinski definition) is 3. The van der Waals surface area contributed by atoms with Gasteiger partial charge in [-0.3, -0.25) is 0 Å². The summed E-state index contributed by atoms with van der Waals surface area (Å²) in [7, 11) is 0. The van der Waals surface area contributed by atoms with Crippen LogP contribution in [0.4, 0.5) is 0 Å². The number of nitrogens with zero attached hydrogens (tertiary/aromatic N) is 3. The summed E-state index contributed by atoms with van der Waals surface area (Å²) < 4.78 is 1.74. The van der Waals surface area contributed by atoms with E-state index < -0.39 is 0 Å². The lowest BCUT2D eigenvalue weighted by Crippen LogP contribution is -2.14. The predicted octanol–water partition coefficient (Wildman–Crippen LogP) is 3.51. The van der Waals surface area contributed by atoms with Gasteiger partial charge in [-0.2, -0.15) is 10.4 Å². The van der Waals surface area contributed by atoms with Gasteiger partial charge in [0.05, 0.1) is 27.7 Å². The summed E-state index contributed by atoms with van der Waals surface area (Å²) in [5.74, 6) is 0. The molecule has 1 aromatic carbocycles. The van der Waals surface area contributed by atoms with Crippen LogP contribution >= 0.6 is 11.6 Å². The zero-order chi connectivity index (χ0) is 15.4. The molecule has 1 heterocycles. The van der Waals surface area contributed by atoms with E-state index >= 15 is 0 Å². The predicted molar refractivity (Wildman–Crippen MR) is 84.8 cm³/mol. The molecule has 2 rings (SSSR count). The smallest absolute Gasteiger partial charge is 0.101 e. The standard InChI is InChI=1S/C16H19ClN4/c1-4-7-19-10-13-5-6-15(14(8-13)9-18)21-12(3)16(17)11(2)20-21/h5-6,8,19H,4,7,10H2,1-3H3. The average molecular weight is 303 g/mol. The number of nitrogens with one attached hydrogen (secondary N) is 1. The molecule has 1 N–H and O–H groups in total. The molecular weight excluding hydrogens is 284 g/mol. The molecule has 0 aliphatic carbocycles. The van der Waals surface area contributed by atoms with Gasteiger partial charge in [-0.25, -0.2) is 4.68 Å². The molecule has 0 radical (unpaired) electrons. The van der Waals surface area contributed by atoms with E-state index in [0.717, 1.165) is 42.1 Å². The van der Waals surface area contributed by atoms with E-state index in [2.05, 4.69) is 23.4 Å². The molecular formula is C16H19ClN4. The highest BCUT2D eigenvalue weighted by atomic mass is 35.5. The lowest BCUT2D eigenvalue weighted by atomic mass is 10.1. The average Bonchev–Trinajstić information content (AvgIpc) is 2.75. The Labute approximate surface area is 130 Å². The Bertz CT molecular complexity index is 682. The molecule has 0 aliphatic heterocycles. The van der Waals surface area contributed by atoms with Crippen LogP contribution < -0.4 is 5.32 Å². The number of aryl methyl sites for hydroxylation is 1. The molecule has 110 valence electrons. The van der Waals surface area contributed by atoms with Gasteiger partial charge >= 0.3 is 0 Å². The van der Waals surface area contributed by atoms with Gasteiger partial charge < -0.3 is 5.32 Å². The molecule has 21 heavy (non-hydrogen) atoms. The van der Waals surface area contributed by atoms with Crippen LogP contribution in [0.25, 0.3) is 5.69 Å². The van der Waals surface area contributed by atoms with Crippen molar-refractivity contribution in [2.45, 2.75) is 33.7 Å². The summed E-state index contributed by atoms with van der Waals surface area (Å²) in [5.41, 5.74) is 4.09. The van der Waals surface area contributed by atoms with Crippen molar-refractivity contribution in [2.24, 2.45) is 0 Å². The number of aromatic nitrogens is 2. The quantitative estimate of drug-likeness (QED) is 0.860. The highest BCUT2D eigenvalue weighted by Gasteiger charge is 2.14. The third-order valence-corrected chi connectivity index (χ3v) is 3.92. The van der Waals surface area contributed by atoms with E-state index in [9.17, 15) is 5.26 Å². The third kappa shape index (κ3) is 3.26. The van der Waals surface area contributed by atoms with Crippen molar-refractivity contribution in [3.05, 3.63) is 45.7 Å². The first kappa shape index (κ1) is 15.6. The van der Waals surface area contributed by atoms with E-state index in [1.54, 1.807) is 4.68 Å². The summed E-state index contributed by atoms with van der Waals surface area (Å²) in [6.45, 7) is 7.63. The van der Waals surface area contributed by atoms with Crippen molar-refractivity contribution in [3.63, 3.8) is 0 Å². The Balaban J connectivity index is 2.37. The normalized spacial score (nSPS) is 10.6.